The SMILES string of the molecule is CCCCCCc1ccc(C(=O)N2CCC3(CC2)SCCN3C(=O)c2ccc(C)cc2)cc1. The van der Waals surface area contributed by atoms with Crippen LogP contribution in [0.15, 0.2) is 48.5 Å². The van der Waals surface area contributed by atoms with Crippen molar-refractivity contribution >= 4 is 23.6 Å². The van der Waals surface area contributed by atoms with Crippen LogP contribution in [0.25, 0.3) is 0 Å². The van der Waals surface area contributed by atoms with E-state index in [0.717, 1.165) is 48.3 Å². The molecule has 0 saturated carbocycles. The van der Waals surface area contributed by atoms with E-state index < -0.39 is 0 Å². The van der Waals surface area contributed by atoms with Gasteiger partial charge in [-0.25, -0.2) is 0 Å². The van der Waals surface area contributed by atoms with Crippen LogP contribution in [0, 0.1) is 6.92 Å². The summed E-state index contributed by atoms with van der Waals surface area (Å²) in [6.07, 6.45) is 7.77. The average molecular weight is 465 g/mol. The highest BCUT2D eigenvalue weighted by Gasteiger charge is 2.47. The molecule has 2 fully saturated rings. The second-order valence-corrected chi connectivity index (χ2v) is 10.9. The Bertz CT molecular complexity index is 947. The molecule has 1 spiro atoms. The highest BCUT2D eigenvalue weighted by atomic mass is 32.2. The molecule has 0 aromatic heterocycles. The summed E-state index contributed by atoms with van der Waals surface area (Å²) in [6.45, 7) is 6.44. The molecule has 2 heterocycles. The van der Waals surface area contributed by atoms with Gasteiger partial charge in [0.2, 0.25) is 0 Å². The van der Waals surface area contributed by atoms with Crippen LogP contribution in [0.2, 0.25) is 0 Å². The Kier molecular flexibility index (Phi) is 7.79. The zero-order valence-corrected chi connectivity index (χ0v) is 20.8. The summed E-state index contributed by atoms with van der Waals surface area (Å²) >= 11 is 1.89. The lowest BCUT2D eigenvalue weighted by Crippen LogP contribution is -2.53. The van der Waals surface area contributed by atoms with Gasteiger partial charge in [0.1, 0.15) is 0 Å². The molecule has 4 rings (SSSR count). The van der Waals surface area contributed by atoms with Crippen LogP contribution in [-0.4, -0.2) is 51.9 Å². The maximum absolute atomic E-state index is 13.2. The number of likely N-dealkylation sites (tertiary alicyclic amines) is 1. The number of piperidine rings is 1. The van der Waals surface area contributed by atoms with E-state index in [1.54, 1.807) is 0 Å². The number of benzene rings is 2. The van der Waals surface area contributed by atoms with Crippen LogP contribution in [-0.2, 0) is 6.42 Å². The van der Waals surface area contributed by atoms with Crippen molar-refractivity contribution in [3.63, 3.8) is 0 Å². The van der Waals surface area contributed by atoms with Gasteiger partial charge in [0.15, 0.2) is 0 Å². The van der Waals surface area contributed by atoms with Crippen molar-refractivity contribution in [2.75, 3.05) is 25.4 Å². The van der Waals surface area contributed by atoms with Gasteiger partial charge in [0, 0.05) is 36.5 Å². The van der Waals surface area contributed by atoms with Gasteiger partial charge in [0.05, 0.1) is 4.87 Å². The van der Waals surface area contributed by atoms with Crippen molar-refractivity contribution in [1.82, 2.24) is 9.80 Å². The van der Waals surface area contributed by atoms with Gasteiger partial charge in [0.25, 0.3) is 11.8 Å². The maximum Gasteiger partial charge on any atom is 0.254 e. The first-order valence-corrected chi connectivity index (χ1v) is 13.4. The van der Waals surface area contributed by atoms with Crippen molar-refractivity contribution in [2.24, 2.45) is 0 Å². The Balaban J connectivity index is 1.35. The number of thioether (sulfide) groups is 1. The highest BCUT2D eigenvalue weighted by molar-refractivity contribution is 8.00. The Morgan fingerprint density at radius 1 is 0.848 bits per heavy atom. The molecule has 0 bridgehead atoms. The lowest BCUT2D eigenvalue weighted by Gasteiger charge is -2.44. The first-order valence-electron chi connectivity index (χ1n) is 12.4. The molecule has 2 amide bonds. The Hall–Kier alpha value is -2.27. The lowest BCUT2D eigenvalue weighted by atomic mass is 9.99. The first-order chi connectivity index (χ1) is 16.0. The van der Waals surface area contributed by atoms with Gasteiger partial charge in [-0.3, -0.25) is 9.59 Å². The van der Waals surface area contributed by atoms with Crippen LogP contribution < -0.4 is 0 Å². The molecule has 0 unspecified atom stereocenters. The fourth-order valence-electron chi connectivity index (χ4n) is 4.97. The fourth-order valence-corrected chi connectivity index (χ4v) is 6.43. The predicted molar refractivity (Wildman–Crippen MR) is 137 cm³/mol. The molecular weight excluding hydrogens is 428 g/mol. The second kappa shape index (κ2) is 10.8. The summed E-state index contributed by atoms with van der Waals surface area (Å²) in [6, 6.07) is 16.1. The van der Waals surface area contributed by atoms with Crippen molar-refractivity contribution in [3.8, 4) is 0 Å². The standard InChI is InChI=1S/C28H36N2O2S/c1-3-4-5-6-7-23-10-14-24(15-11-23)26(31)29-18-16-28(17-19-29)30(20-21-33-28)27(32)25-12-8-22(2)9-13-25/h8-15H,3-7,16-21H2,1-2H3. The zero-order valence-electron chi connectivity index (χ0n) is 20.0. The summed E-state index contributed by atoms with van der Waals surface area (Å²) in [5.41, 5.74) is 4.01. The Labute approximate surface area is 202 Å². The van der Waals surface area contributed by atoms with E-state index in [2.05, 4.69) is 24.0 Å². The summed E-state index contributed by atoms with van der Waals surface area (Å²) in [5.74, 6) is 1.20. The Morgan fingerprint density at radius 3 is 2.15 bits per heavy atom. The molecule has 5 heteroatoms. The molecular formula is C28H36N2O2S. The molecule has 0 N–H and O–H groups in total. The van der Waals surface area contributed by atoms with Gasteiger partial charge < -0.3 is 9.80 Å². The molecule has 2 aromatic carbocycles. The van der Waals surface area contributed by atoms with Gasteiger partial charge in [-0.2, -0.15) is 0 Å². The molecule has 176 valence electrons. The van der Waals surface area contributed by atoms with E-state index in [1.165, 1.54) is 31.2 Å². The maximum atomic E-state index is 13.2. The predicted octanol–water partition coefficient (Wildman–Crippen LogP) is 5.94. The third-order valence-corrected chi connectivity index (χ3v) is 8.63. The van der Waals surface area contributed by atoms with Crippen molar-refractivity contribution in [1.29, 1.82) is 0 Å². The number of rotatable bonds is 7. The largest absolute Gasteiger partial charge is 0.338 e. The number of nitrogens with zero attached hydrogens (tertiary/aromatic N) is 2. The van der Waals surface area contributed by atoms with E-state index in [-0.39, 0.29) is 16.7 Å². The molecule has 0 atom stereocenters. The smallest absolute Gasteiger partial charge is 0.254 e. The van der Waals surface area contributed by atoms with Crippen LogP contribution in [0.5, 0.6) is 0 Å². The monoisotopic (exact) mass is 464 g/mol. The number of hydrogen-bond donors (Lipinski definition) is 0. The van der Waals surface area contributed by atoms with E-state index in [1.807, 2.05) is 60.0 Å². The van der Waals surface area contributed by atoms with Gasteiger partial charge >= 0.3 is 0 Å². The minimum Gasteiger partial charge on any atom is -0.338 e. The first kappa shape index (κ1) is 23.9. The van der Waals surface area contributed by atoms with Gasteiger partial charge in [-0.15, -0.1) is 11.8 Å². The van der Waals surface area contributed by atoms with E-state index in [4.69, 9.17) is 0 Å². The minimum atomic E-state index is -0.179. The average Bonchev–Trinajstić information content (AvgIpc) is 3.25. The molecule has 2 aromatic rings. The normalized spacial score (nSPS) is 17.5. The Morgan fingerprint density at radius 2 is 1.48 bits per heavy atom. The third kappa shape index (κ3) is 5.46. The topological polar surface area (TPSA) is 40.6 Å². The van der Waals surface area contributed by atoms with E-state index >= 15 is 0 Å². The van der Waals surface area contributed by atoms with Crippen molar-refractivity contribution < 1.29 is 9.59 Å². The number of carbonyl (C=O) groups excluding carboxylic acids is 2. The molecule has 4 nitrogen and oxygen atoms in total. The quantitative estimate of drug-likeness (QED) is 0.476. The highest BCUT2D eigenvalue weighted by Crippen LogP contribution is 2.44. The fraction of sp³-hybridized carbons (Fsp3) is 0.500. The molecule has 33 heavy (non-hydrogen) atoms. The number of carbonyl (C=O) groups is 2. The summed E-state index contributed by atoms with van der Waals surface area (Å²) in [5, 5.41) is 0. The summed E-state index contributed by atoms with van der Waals surface area (Å²) < 4.78 is 0. The second-order valence-electron chi connectivity index (χ2n) is 9.42. The number of aryl methyl sites for hydroxylation is 2. The minimum absolute atomic E-state index is 0.113. The third-order valence-electron chi connectivity index (χ3n) is 7.07. The lowest BCUT2D eigenvalue weighted by molar-refractivity contribution is 0.0498. The number of hydrogen-bond acceptors (Lipinski definition) is 3. The van der Waals surface area contributed by atoms with Crippen LogP contribution in [0.4, 0.5) is 0 Å². The van der Waals surface area contributed by atoms with Crippen molar-refractivity contribution in [2.45, 2.75) is 63.7 Å². The van der Waals surface area contributed by atoms with Gasteiger partial charge in [-0.05, 0) is 62.4 Å². The van der Waals surface area contributed by atoms with E-state index in [9.17, 15) is 9.59 Å². The summed E-state index contributed by atoms with van der Waals surface area (Å²) in [4.78, 5) is 30.2. The number of amides is 2. The molecule has 0 radical (unpaired) electrons. The molecule has 2 aliphatic heterocycles. The summed E-state index contributed by atoms with van der Waals surface area (Å²) in [7, 11) is 0. The van der Waals surface area contributed by atoms with Crippen LogP contribution >= 0.6 is 11.8 Å². The number of unbranched alkanes of at least 4 members (excludes halogenated alkanes) is 3. The zero-order chi connectivity index (χ0) is 23.3. The molecule has 2 aliphatic rings. The molecule has 2 saturated heterocycles. The van der Waals surface area contributed by atoms with Crippen molar-refractivity contribution in [3.05, 3.63) is 70.8 Å². The molecule has 0 aliphatic carbocycles. The van der Waals surface area contributed by atoms with E-state index in [0.29, 0.717) is 13.1 Å². The van der Waals surface area contributed by atoms with Crippen LogP contribution in [0.3, 0.4) is 0 Å². The van der Waals surface area contributed by atoms with Crippen LogP contribution in [0.1, 0.15) is 77.3 Å². The van der Waals surface area contributed by atoms with Gasteiger partial charge in [-0.1, -0.05) is 56.0 Å².